The van der Waals surface area contributed by atoms with Crippen molar-refractivity contribution in [2.75, 3.05) is 39.4 Å². The van der Waals surface area contributed by atoms with E-state index in [9.17, 15) is 9.59 Å². The van der Waals surface area contributed by atoms with Gasteiger partial charge >= 0.3 is 0 Å². The van der Waals surface area contributed by atoms with Crippen LogP contribution in [0.4, 0.5) is 0 Å². The van der Waals surface area contributed by atoms with E-state index < -0.39 is 5.60 Å². The molecule has 2 saturated heterocycles. The van der Waals surface area contributed by atoms with Gasteiger partial charge in [0.25, 0.3) is 5.91 Å². The van der Waals surface area contributed by atoms with E-state index in [0.29, 0.717) is 29.6 Å². The number of hydrogen-bond acceptors (Lipinski definition) is 6. The van der Waals surface area contributed by atoms with Crippen LogP contribution < -0.4 is 4.74 Å². The lowest BCUT2D eigenvalue weighted by molar-refractivity contribution is -0.153. The van der Waals surface area contributed by atoms with E-state index in [1.54, 1.807) is 27.9 Å². The van der Waals surface area contributed by atoms with Crippen LogP contribution in [-0.4, -0.2) is 71.6 Å². The van der Waals surface area contributed by atoms with Gasteiger partial charge < -0.3 is 19.3 Å². The normalized spacial score (nSPS) is 21.4. The van der Waals surface area contributed by atoms with Crippen LogP contribution in [0, 0.1) is 6.92 Å². The van der Waals surface area contributed by atoms with Crippen molar-refractivity contribution in [2.45, 2.75) is 38.2 Å². The Bertz CT molecular complexity index is 949. The molecule has 0 radical (unpaired) electrons. The molecule has 2 aromatic rings. The minimum absolute atomic E-state index is 0.0449. The maximum absolute atomic E-state index is 13.1. The molecule has 32 heavy (non-hydrogen) atoms. The lowest BCUT2D eigenvalue weighted by atomic mass is 9.96. The van der Waals surface area contributed by atoms with Crippen LogP contribution in [0.3, 0.4) is 0 Å². The molecule has 1 aromatic heterocycles. The van der Waals surface area contributed by atoms with Gasteiger partial charge in [0, 0.05) is 30.0 Å². The number of likely N-dealkylation sites (tertiary alicyclic amines) is 1. The number of aryl methyl sites for hydroxylation is 1. The van der Waals surface area contributed by atoms with Crippen LogP contribution >= 0.6 is 22.9 Å². The van der Waals surface area contributed by atoms with E-state index in [2.05, 4.69) is 4.98 Å². The van der Waals surface area contributed by atoms with Crippen molar-refractivity contribution >= 4 is 34.8 Å². The lowest BCUT2D eigenvalue weighted by Gasteiger charge is -2.43. The third-order valence-electron chi connectivity index (χ3n) is 6.00. The summed E-state index contributed by atoms with van der Waals surface area (Å²) in [4.78, 5) is 33.9. The van der Waals surface area contributed by atoms with E-state index in [1.807, 2.05) is 17.9 Å². The molecule has 0 N–H and O–H groups in total. The Balaban J connectivity index is 1.52. The molecule has 0 unspecified atom stereocenters. The number of halogens is 1. The van der Waals surface area contributed by atoms with Crippen LogP contribution in [0.2, 0.25) is 5.02 Å². The summed E-state index contributed by atoms with van der Waals surface area (Å²) in [5.74, 6) is 0.554. The van der Waals surface area contributed by atoms with Crippen molar-refractivity contribution in [1.29, 1.82) is 0 Å². The van der Waals surface area contributed by atoms with Gasteiger partial charge in [0.05, 0.1) is 25.1 Å². The highest BCUT2D eigenvalue weighted by molar-refractivity contribution is 7.07. The van der Waals surface area contributed by atoms with E-state index >= 15 is 0 Å². The van der Waals surface area contributed by atoms with Crippen molar-refractivity contribution in [3.05, 3.63) is 45.4 Å². The van der Waals surface area contributed by atoms with E-state index in [0.717, 1.165) is 37.9 Å². The molecule has 0 aliphatic carbocycles. The SMILES string of the molecule is Cc1cc(OC[C@@]2(CC(=O)N3CCCCC3)CN(C(=O)c3cscn3)CCO2)ccc1Cl. The fourth-order valence-corrected chi connectivity index (χ4v) is 4.84. The van der Waals surface area contributed by atoms with Crippen molar-refractivity contribution in [3.8, 4) is 5.75 Å². The maximum atomic E-state index is 13.1. The summed E-state index contributed by atoms with van der Waals surface area (Å²) in [7, 11) is 0. The molecule has 3 heterocycles. The number of carbonyl (C=O) groups is 2. The summed E-state index contributed by atoms with van der Waals surface area (Å²) in [6.07, 6.45) is 3.37. The Hall–Kier alpha value is -2.16. The minimum atomic E-state index is -0.925. The van der Waals surface area contributed by atoms with Crippen molar-refractivity contribution in [2.24, 2.45) is 0 Å². The number of carbonyl (C=O) groups excluding carboxylic acids is 2. The number of nitrogens with zero attached hydrogens (tertiary/aromatic N) is 3. The molecule has 2 aliphatic rings. The molecule has 172 valence electrons. The number of aromatic nitrogens is 1. The molecular formula is C23H28ClN3O4S. The third-order valence-corrected chi connectivity index (χ3v) is 7.01. The second-order valence-electron chi connectivity index (χ2n) is 8.45. The van der Waals surface area contributed by atoms with Crippen LogP contribution in [-0.2, 0) is 9.53 Å². The quantitative estimate of drug-likeness (QED) is 0.632. The van der Waals surface area contributed by atoms with Gasteiger partial charge in [0.2, 0.25) is 5.91 Å². The number of hydrogen-bond donors (Lipinski definition) is 0. The van der Waals surface area contributed by atoms with Crippen molar-refractivity contribution < 1.29 is 19.1 Å². The molecular weight excluding hydrogens is 450 g/mol. The molecule has 2 fully saturated rings. The number of ether oxygens (including phenoxy) is 2. The topological polar surface area (TPSA) is 72.0 Å². The summed E-state index contributed by atoms with van der Waals surface area (Å²) in [5.41, 5.74) is 2.05. The van der Waals surface area contributed by atoms with Crippen LogP contribution in [0.25, 0.3) is 0 Å². The van der Waals surface area contributed by atoms with E-state index in [-0.39, 0.29) is 31.4 Å². The zero-order valence-corrected chi connectivity index (χ0v) is 19.8. The number of rotatable bonds is 6. The Morgan fingerprint density at radius 2 is 2.03 bits per heavy atom. The predicted octanol–water partition coefficient (Wildman–Crippen LogP) is 3.80. The van der Waals surface area contributed by atoms with Gasteiger partial charge in [0.15, 0.2) is 0 Å². The fraction of sp³-hybridized carbons (Fsp3) is 0.522. The molecule has 1 aromatic carbocycles. The molecule has 2 aliphatic heterocycles. The molecule has 0 spiro atoms. The summed E-state index contributed by atoms with van der Waals surface area (Å²) in [6, 6.07) is 5.46. The van der Waals surface area contributed by atoms with Gasteiger partial charge in [-0.25, -0.2) is 4.98 Å². The van der Waals surface area contributed by atoms with Crippen molar-refractivity contribution in [3.63, 3.8) is 0 Å². The second kappa shape index (κ2) is 10.2. The number of piperidine rings is 1. The summed E-state index contributed by atoms with van der Waals surface area (Å²) in [5, 5.41) is 2.41. The van der Waals surface area contributed by atoms with Crippen LogP contribution in [0.1, 0.15) is 41.7 Å². The van der Waals surface area contributed by atoms with Gasteiger partial charge in [0.1, 0.15) is 23.7 Å². The molecule has 0 saturated carbocycles. The largest absolute Gasteiger partial charge is 0.490 e. The van der Waals surface area contributed by atoms with Crippen LogP contribution in [0.5, 0.6) is 5.75 Å². The highest BCUT2D eigenvalue weighted by Gasteiger charge is 2.42. The molecule has 9 heteroatoms. The Morgan fingerprint density at radius 3 is 2.75 bits per heavy atom. The zero-order chi connectivity index (χ0) is 22.6. The van der Waals surface area contributed by atoms with Gasteiger partial charge in [-0.3, -0.25) is 9.59 Å². The minimum Gasteiger partial charge on any atom is -0.490 e. The van der Waals surface area contributed by atoms with Crippen molar-refractivity contribution in [1.82, 2.24) is 14.8 Å². The Labute approximate surface area is 197 Å². The maximum Gasteiger partial charge on any atom is 0.273 e. The summed E-state index contributed by atoms with van der Waals surface area (Å²) >= 11 is 7.52. The van der Waals surface area contributed by atoms with E-state index in [1.165, 1.54) is 11.3 Å². The Kier molecular flexibility index (Phi) is 7.33. The average molecular weight is 478 g/mol. The Morgan fingerprint density at radius 1 is 1.22 bits per heavy atom. The molecule has 7 nitrogen and oxygen atoms in total. The molecule has 0 bridgehead atoms. The first-order chi connectivity index (χ1) is 15.5. The number of thiazole rings is 1. The van der Waals surface area contributed by atoms with Crippen LogP contribution in [0.15, 0.2) is 29.1 Å². The molecule has 2 amide bonds. The average Bonchev–Trinajstić information content (AvgIpc) is 3.35. The standard InChI is InChI=1S/C23H28ClN3O4S/c1-17-11-18(5-6-19(17)24)30-15-23(12-21(28)26-7-3-2-4-8-26)14-27(9-10-31-23)22(29)20-13-32-16-25-20/h5-6,11,13,16H,2-4,7-10,12,14-15H2,1H3/t23-/m1/s1. The first-order valence-corrected chi connectivity index (χ1v) is 12.3. The lowest BCUT2D eigenvalue weighted by Crippen LogP contribution is -2.58. The van der Waals surface area contributed by atoms with Gasteiger partial charge in [-0.15, -0.1) is 11.3 Å². The molecule has 4 rings (SSSR count). The monoisotopic (exact) mass is 477 g/mol. The van der Waals surface area contributed by atoms with Gasteiger partial charge in [-0.1, -0.05) is 11.6 Å². The highest BCUT2D eigenvalue weighted by Crippen LogP contribution is 2.28. The second-order valence-corrected chi connectivity index (χ2v) is 9.58. The first kappa shape index (κ1) is 23.0. The first-order valence-electron chi connectivity index (χ1n) is 10.9. The molecule has 1 atom stereocenters. The van der Waals surface area contributed by atoms with E-state index in [4.69, 9.17) is 21.1 Å². The summed E-state index contributed by atoms with van der Waals surface area (Å²) < 4.78 is 12.3. The number of benzene rings is 1. The van der Waals surface area contributed by atoms with Gasteiger partial charge in [-0.05, 0) is 49.9 Å². The predicted molar refractivity (Wildman–Crippen MR) is 123 cm³/mol. The fourth-order valence-electron chi connectivity index (χ4n) is 4.20. The number of morpholine rings is 1. The zero-order valence-electron chi connectivity index (χ0n) is 18.2. The third kappa shape index (κ3) is 5.42. The summed E-state index contributed by atoms with van der Waals surface area (Å²) in [6.45, 7) is 4.68. The smallest absolute Gasteiger partial charge is 0.273 e. The number of amides is 2. The highest BCUT2D eigenvalue weighted by atomic mass is 35.5. The van der Waals surface area contributed by atoms with Gasteiger partial charge in [-0.2, -0.15) is 0 Å².